The Hall–Kier alpha value is -2.37. The number of hydrogen-bond acceptors (Lipinski definition) is 4. The van der Waals surface area contributed by atoms with Crippen molar-refractivity contribution in [3.8, 4) is 0 Å². The van der Waals surface area contributed by atoms with Crippen molar-refractivity contribution in [2.75, 3.05) is 12.4 Å². The number of carboxylic acid groups (broad SMARTS) is 1. The number of carbonyl (C=O) groups excluding carboxylic acids is 2. The Morgan fingerprint density at radius 3 is 2.55 bits per heavy atom. The minimum Gasteiger partial charge on any atom is -0.481 e. The Kier molecular flexibility index (Phi) is 3.74. The third kappa shape index (κ3) is 2.79. The molecule has 0 unspecified atom stereocenters. The summed E-state index contributed by atoms with van der Waals surface area (Å²) >= 11 is 0. The summed E-state index contributed by atoms with van der Waals surface area (Å²) in [6.45, 7) is 1.82. The summed E-state index contributed by atoms with van der Waals surface area (Å²) in [5.41, 5.74) is 1.45. The third-order valence-corrected chi connectivity index (χ3v) is 3.28. The fraction of sp³-hybridized carbons (Fsp3) is 0.357. The Morgan fingerprint density at radius 1 is 1.30 bits per heavy atom. The summed E-state index contributed by atoms with van der Waals surface area (Å²) in [6, 6.07) is 4.98. The molecule has 106 valence electrons. The number of amides is 1. The Bertz CT molecular complexity index is 581. The van der Waals surface area contributed by atoms with Gasteiger partial charge >= 0.3 is 11.9 Å². The Labute approximate surface area is 115 Å². The van der Waals surface area contributed by atoms with Crippen LogP contribution in [0.25, 0.3) is 0 Å². The van der Waals surface area contributed by atoms with Gasteiger partial charge in [-0.15, -0.1) is 0 Å². The number of nitrogens with one attached hydrogen (secondary N) is 1. The lowest BCUT2D eigenvalue weighted by Gasteiger charge is -2.10. The number of aryl methyl sites for hydroxylation is 1. The van der Waals surface area contributed by atoms with Crippen molar-refractivity contribution in [2.45, 2.75) is 13.3 Å². The molecule has 1 saturated carbocycles. The molecule has 20 heavy (non-hydrogen) atoms. The smallest absolute Gasteiger partial charge is 0.339 e. The average Bonchev–Trinajstić information content (AvgIpc) is 3.20. The van der Waals surface area contributed by atoms with Crippen LogP contribution in [0.4, 0.5) is 5.69 Å². The number of carboxylic acids is 1. The third-order valence-electron chi connectivity index (χ3n) is 3.28. The lowest BCUT2D eigenvalue weighted by atomic mass is 10.1. The highest BCUT2D eigenvalue weighted by molar-refractivity contribution is 6.04. The minimum absolute atomic E-state index is 0.258. The van der Waals surface area contributed by atoms with Crippen molar-refractivity contribution in [2.24, 2.45) is 11.8 Å². The first-order chi connectivity index (χ1) is 9.43. The van der Waals surface area contributed by atoms with Crippen molar-refractivity contribution >= 4 is 23.5 Å². The van der Waals surface area contributed by atoms with Crippen molar-refractivity contribution < 1.29 is 24.2 Å². The number of methoxy groups -OCH3 is 1. The number of benzene rings is 1. The number of rotatable bonds is 4. The second-order valence-electron chi connectivity index (χ2n) is 4.82. The molecule has 0 bridgehead atoms. The molecule has 1 aliphatic rings. The quantitative estimate of drug-likeness (QED) is 0.812. The van der Waals surface area contributed by atoms with Crippen LogP contribution in [0.1, 0.15) is 22.3 Å². The molecule has 0 aromatic heterocycles. The molecule has 0 spiro atoms. The van der Waals surface area contributed by atoms with Gasteiger partial charge in [0.05, 0.1) is 30.2 Å². The zero-order valence-corrected chi connectivity index (χ0v) is 11.2. The van der Waals surface area contributed by atoms with Crippen molar-refractivity contribution in [1.82, 2.24) is 0 Å². The van der Waals surface area contributed by atoms with Gasteiger partial charge in [0.2, 0.25) is 5.91 Å². The van der Waals surface area contributed by atoms with Crippen molar-refractivity contribution in [3.63, 3.8) is 0 Å². The van der Waals surface area contributed by atoms with Gasteiger partial charge in [-0.3, -0.25) is 9.59 Å². The zero-order chi connectivity index (χ0) is 14.9. The summed E-state index contributed by atoms with van der Waals surface area (Å²) in [5, 5.41) is 11.4. The molecule has 6 heteroatoms. The van der Waals surface area contributed by atoms with Crippen LogP contribution in [0, 0.1) is 18.8 Å². The molecule has 1 amide bonds. The van der Waals surface area contributed by atoms with Gasteiger partial charge in [0.25, 0.3) is 0 Å². The van der Waals surface area contributed by atoms with E-state index in [-0.39, 0.29) is 11.5 Å². The molecule has 0 heterocycles. The summed E-state index contributed by atoms with van der Waals surface area (Å²) in [4.78, 5) is 34.3. The largest absolute Gasteiger partial charge is 0.481 e. The topological polar surface area (TPSA) is 92.7 Å². The van der Waals surface area contributed by atoms with Crippen molar-refractivity contribution in [3.05, 3.63) is 29.3 Å². The molecule has 1 aromatic rings. The predicted molar refractivity (Wildman–Crippen MR) is 70.4 cm³/mol. The average molecular weight is 277 g/mol. The first kappa shape index (κ1) is 14.0. The molecular formula is C14H15NO5. The summed E-state index contributed by atoms with van der Waals surface area (Å²) in [7, 11) is 1.26. The van der Waals surface area contributed by atoms with Crippen LogP contribution in [-0.2, 0) is 14.3 Å². The van der Waals surface area contributed by atoms with Gasteiger partial charge in [-0.25, -0.2) is 4.79 Å². The molecule has 0 saturated heterocycles. The van der Waals surface area contributed by atoms with Crippen LogP contribution in [0.15, 0.2) is 18.2 Å². The highest BCUT2D eigenvalue weighted by Crippen LogP contribution is 2.39. The SMILES string of the molecule is COC(=O)c1cc(C)ccc1NC(=O)[C@@H]1C[C@@H]1C(=O)O. The van der Waals surface area contributed by atoms with Gasteiger partial charge in [-0.2, -0.15) is 0 Å². The van der Waals surface area contributed by atoms with Gasteiger partial charge in [0.15, 0.2) is 0 Å². The monoisotopic (exact) mass is 277 g/mol. The molecular weight excluding hydrogens is 262 g/mol. The van der Waals surface area contributed by atoms with E-state index in [0.717, 1.165) is 5.56 Å². The molecule has 0 radical (unpaired) electrons. The van der Waals surface area contributed by atoms with Crippen LogP contribution < -0.4 is 5.32 Å². The molecule has 1 fully saturated rings. The molecule has 2 atom stereocenters. The van der Waals surface area contributed by atoms with Gasteiger partial charge in [-0.1, -0.05) is 11.6 Å². The van der Waals surface area contributed by atoms with E-state index in [1.165, 1.54) is 7.11 Å². The first-order valence-electron chi connectivity index (χ1n) is 6.16. The molecule has 6 nitrogen and oxygen atoms in total. The summed E-state index contributed by atoms with van der Waals surface area (Å²) in [5.74, 6) is -3.05. The van der Waals surface area contributed by atoms with E-state index in [0.29, 0.717) is 12.1 Å². The second-order valence-corrected chi connectivity index (χ2v) is 4.82. The van der Waals surface area contributed by atoms with E-state index in [4.69, 9.17) is 5.11 Å². The maximum Gasteiger partial charge on any atom is 0.339 e. The fourth-order valence-electron chi connectivity index (χ4n) is 2.03. The zero-order valence-electron chi connectivity index (χ0n) is 11.2. The lowest BCUT2D eigenvalue weighted by Crippen LogP contribution is -2.19. The molecule has 0 aliphatic heterocycles. The second kappa shape index (κ2) is 5.32. The minimum atomic E-state index is -0.970. The highest BCUT2D eigenvalue weighted by atomic mass is 16.5. The Morgan fingerprint density at radius 2 is 2.00 bits per heavy atom. The highest BCUT2D eigenvalue weighted by Gasteiger charge is 2.48. The number of hydrogen-bond donors (Lipinski definition) is 2. The van der Waals surface area contributed by atoms with E-state index in [1.54, 1.807) is 18.2 Å². The van der Waals surface area contributed by atoms with E-state index in [2.05, 4.69) is 10.1 Å². The van der Waals surface area contributed by atoms with Crippen LogP contribution in [0.5, 0.6) is 0 Å². The molecule has 2 N–H and O–H groups in total. The van der Waals surface area contributed by atoms with E-state index in [1.807, 2.05) is 6.92 Å². The Balaban J connectivity index is 2.15. The van der Waals surface area contributed by atoms with Crippen LogP contribution in [0.2, 0.25) is 0 Å². The fourth-order valence-corrected chi connectivity index (χ4v) is 2.03. The molecule has 2 rings (SSSR count). The van der Waals surface area contributed by atoms with Crippen LogP contribution >= 0.6 is 0 Å². The van der Waals surface area contributed by atoms with Gasteiger partial charge in [-0.05, 0) is 25.5 Å². The summed E-state index contributed by atoms with van der Waals surface area (Å²) < 4.78 is 4.66. The number of esters is 1. The maximum atomic E-state index is 11.9. The van der Waals surface area contributed by atoms with Crippen LogP contribution in [-0.4, -0.2) is 30.1 Å². The van der Waals surface area contributed by atoms with E-state index in [9.17, 15) is 14.4 Å². The number of aliphatic carboxylic acids is 1. The molecule has 1 aliphatic carbocycles. The lowest BCUT2D eigenvalue weighted by molar-refractivity contribution is -0.139. The molecule has 1 aromatic carbocycles. The van der Waals surface area contributed by atoms with E-state index < -0.39 is 23.8 Å². The maximum absolute atomic E-state index is 11.9. The van der Waals surface area contributed by atoms with Gasteiger partial charge in [0, 0.05) is 0 Å². The van der Waals surface area contributed by atoms with E-state index >= 15 is 0 Å². The number of ether oxygens (including phenoxy) is 1. The first-order valence-corrected chi connectivity index (χ1v) is 6.16. The van der Waals surface area contributed by atoms with Crippen molar-refractivity contribution in [1.29, 1.82) is 0 Å². The van der Waals surface area contributed by atoms with Crippen LogP contribution in [0.3, 0.4) is 0 Å². The standard InChI is InChI=1S/C14H15NO5/c1-7-3-4-11(10(5-7)14(19)20-2)15-12(16)8-6-9(8)13(17)18/h3-5,8-9H,6H2,1-2H3,(H,15,16)(H,17,18)/t8-,9+/m1/s1. The number of anilines is 1. The number of carbonyl (C=O) groups is 3. The summed E-state index contributed by atoms with van der Waals surface area (Å²) in [6.07, 6.45) is 0.334. The van der Waals surface area contributed by atoms with Gasteiger partial charge < -0.3 is 15.2 Å². The normalized spacial score (nSPS) is 20.1. The van der Waals surface area contributed by atoms with Gasteiger partial charge in [0.1, 0.15) is 0 Å². The predicted octanol–water partition coefficient (Wildman–Crippen LogP) is 1.44.